The Balaban J connectivity index is 2.24. The van der Waals surface area contributed by atoms with Gasteiger partial charge in [0.05, 0.1) is 21.0 Å². The molecule has 1 aromatic heterocycles. The Kier molecular flexibility index (Phi) is 5.89. The first kappa shape index (κ1) is 19.0. The van der Waals surface area contributed by atoms with E-state index in [-0.39, 0.29) is 35.1 Å². The summed E-state index contributed by atoms with van der Waals surface area (Å²) >= 11 is 0.209. The lowest BCUT2D eigenvalue weighted by Gasteiger charge is -2.34. The molecule has 8 nitrogen and oxygen atoms in total. The maximum atomic E-state index is 12.3. The monoisotopic (exact) mass is 367 g/mol. The van der Waals surface area contributed by atoms with Gasteiger partial charge in [-0.25, -0.2) is 14.0 Å². The molecule has 0 bridgehead atoms. The summed E-state index contributed by atoms with van der Waals surface area (Å²) in [6.07, 6.45) is 2.34. The van der Waals surface area contributed by atoms with Gasteiger partial charge >= 0.3 is 6.09 Å². The van der Waals surface area contributed by atoms with Crippen LogP contribution in [0.4, 0.5) is 10.5 Å². The van der Waals surface area contributed by atoms with Crippen molar-refractivity contribution in [2.75, 3.05) is 13.1 Å². The molecule has 1 aliphatic rings. The second kappa shape index (κ2) is 7.73. The van der Waals surface area contributed by atoms with Crippen LogP contribution in [0.15, 0.2) is 18.3 Å². The highest BCUT2D eigenvalue weighted by molar-refractivity contribution is 7.67. The Morgan fingerprint density at radius 2 is 2.20 bits per heavy atom. The van der Waals surface area contributed by atoms with E-state index in [0.717, 1.165) is 0 Å². The molecule has 0 spiro atoms. The van der Waals surface area contributed by atoms with Gasteiger partial charge in [0.15, 0.2) is 5.69 Å². The summed E-state index contributed by atoms with van der Waals surface area (Å²) in [6.45, 7) is 6.18. The van der Waals surface area contributed by atoms with Crippen LogP contribution in [0.2, 0.25) is 0 Å². The van der Waals surface area contributed by atoms with E-state index in [2.05, 4.69) is 4.98 Å². The first-order valence-electron chi connectivity index (χ1n) is 7.97. The minimum Gasteiger partial charge on any atom is -0.444 e. The molecule has 25 heavy (non-hydrogen) atoms. The summed E-state index contributed by atoms with van der Waals surface area (Å²) in [6, 6.07) is 2.79. The van der Waals surface area contributed by atoms with Crippen LogP contribution in [0.25, 0.3) is 0 Å². The number of likely N-dealkylation sites (tertiary alicyclic amines) is 1. The lowest BCUT2D eigenvalue weighted by atomic mass is 9.92. The number of amides is 1. The number of nitrogens with zero attached hydrogens (tertiary/aromatic N) is 3. The lowest BCUT2D eigenvalue weighted by Crippen LogP contribution is -2.45. The first-order chi connectivity index (χ1) is 11.7. The van der Waals surface area contributed by atoms with E-state index in [4.69, 9.17) is 4.74 Å². The third-order valence-corrected chi connectivity index (χ3v) is 4.46. The van der Waals surface area contributed by atoms with Crippen LogP contribution >= 0.6 is 0 Å². The van der Waals surface area contributed by atoms with Crippen molar-refractivity contribution in [2.24, 2.45) is 5.92 Å². The highest BCUT2D eigenvalue weighted by Crippen LogP contribution is 2.25. The third-order valence-electron chi connectivity index (χ3n) is 3.75. The Morgan fingerprint density at radius 1 is 1.48 bits per heavy atom. The highest BCUT2D eigenvalue weighted by atomic mass is 32.1. The number of hydrogen-bond acceptors (Lipinski definition) is 6. The number of carbonyl (C=O) groups is 1. The van der Waals surface area contributed by atoms with E-state index in [9.17, 15) is 19.1 Å². The van der Waals surface area contributed by atoms with Gasteiger partial charge in [-0.3, -0.25) is 10.1 Å². The number of aromatic nitrogens is 1. The van der Waals surface area contributed by atoms with Gasteiger partial charge in [0.25, 0.3) is 5.69 Å². The number of pyridine rings is 1. The molecule has 2 heterocycles. The average Bonchev–Trinajstić information content (AvgIpc) is 2.54. The molecule has 2 rings (SSSR count). The van der Waals surface area contributed by atoms with Gasteiger partial charge in [0.2, 0.25) is 0 Å². The van der Waals surface area contributed by atoms with Crippen molar-refractivity contribution in [3.05, 3.63) is 34.1 Å². The Morgan fingerprint density at radius 3 is 2.80 bits per heavy atom. The summed E-state index contributed by atoms with van der Waals surface area (Å²) in [4.78, 5) is 28.8. The standard InChI is InChI=1S/C16H21N3O5S/c1-16(2,3)24-15(20)18-9-5-6-11(10-18)14(25-23)13-12(19(21)22)7-4-8-17-13/h4,7-8,11H,5-6,9-10H2,1-3H3. The van der Waals surface area contributed by atoms with E-state index in [1.165, 1.54) is 18.3 Å². The Bertz CT molecular complexity index is 725. The summed E-state index contributed by atoms with van der Waals surface area (Å²) in [5, 5.41) is 11.2. The molecular formula is C16H21N3O5S. The molecule has 1 fully saturated rings. The van der Waals surface area contributed by atoms with Crippen LogP contribution in [-0.2, 0) is 16.0 Å². The molecule has 1 saturated heterocycles. The van der Waals surface area contributed by atoms with Crippen molar-refractivity contribution in [1.29, 1.82) is 0 Å². The van der Waals surface area contributed by atoms with Gasteiger partial charge in [-0.1, -0.05) is 0 Å². The molecule has 136 valence electrons. The molecule has 0 radical (unpaired) electrons. The van der Waals surface area contributed by atoms with Gasteiger partial charge in [0.1, 0.15) is 5.60 Å². The van der Waals surface area contributed by atoms with Crippen LogP contribution < -0.4 is 0 Å². The van der Waals surface area contributed by atoms with Crippen LogP contribution in [0.1, 0.15) is 39.3 Å². The molecule has 0 aromatic carbocycles. The van der Waals surface area contributed by atoms with Crippen molar-refractivity contribution in [3.63, 3.8) is 0 Å². The fourth-order valence-electron chi connectivity index (χ4n) is 2.72. The van der Waals surface area contributed by atoms with Crippen LogP contribution in [0, 0.1) is 16.0 Å². The number of rotatable bonds is 3. The molecule has 1 amide bonds. The predicted octanol–water partition coefficient (Wildman–Crippen LogP) is 2.37. The molecule has 1 unspecified atom stereocenters. The van der Waals surface area contributed by atoms with E-state index in [1.807, 2.05) is 0 Å². The largest absolute Gasteiger partial charge is 0.444 e. The molecule has 0 saturated carbocycles. The first-order valence-corrected chi connectivity index (χ1v) is 8.71. The van der Waals surface area contributed by atoms with E-state index < -0.39 is 16.6 Å². The summed E-state index contributed by atoms with van der Waals surface area (Å²) in [5.41, 5.74) is -0.720. The van der Waals surface area contributed by atoms with Gasteiger partial charge in [-0.15, -0.1) is 0 Å². The zero-order valence-electron chi connectivity index (χ0n) is 14.4. The van der Waals surface area contributed by atoms with Crippen molar-refractivity contribution >= 4 is 27.9 Å². The van der Waals surface area contributed by atoms with Gasteiger partial charge in [0, 0.05) is 31.3 Å². The quantitative estimate of drug-likeness (QED) is 0.352. The molecular weight excluding hydrogens is 346 g/mol. The maximum absolute atomic E-state index is 12.3. The van der Waals surface area contributed by atoms with E-state index in [1.54, 1.807) is 25.7 Å². The van der Waals surface area contributed by atoms with Crippen molar-refractivity contribution in [2.45, 2.75) is 39.2 Å². The van der Waals surface area contributed by atoms with Crippen molar-refractivity contribution in [1.82, 2.24) is 9.88 Å². The highest BCUT2D eigenvalue weighted by Gasteiger charge is 2.33. The topological polar surface area (TPSA) is 103 Å². The zero-order chi connectivity index (χ0) is 18.6. The molecule has 1 aliphatic heterocycles. The minimum atomic E-state index is -0.608. The van der Waals surface area contributed by atoms with Gasteiger partial charge < -0.3 is 9.64 Å². The van der Waals surface area contributed by atoms with Crippen LogP contribution in [-0.4, -0.2) is 48.7 Å². The van der Waals surface area contributed by atoms with E-state index in [0.29, 0.717) is 24.3 Å². The zero-order valence-corrected chi connectivity index (χ0v) is 15.2. The Hall–Kier alpha value is -2.29. The minimum absolute atomic E-state index is 0.0866. The fourth-order valence-corrected chi connectivity index (χ4v) is 3.28. The number of piperidine rings is 1. The second-order valence-corrected chi connectivity index (χ2v) is 7.45. The maximum Gasteiger partial charge on any atom is 0.410 e. The number of ether oxygens (including phenoxy) is 1. The predicted molar refractivity (Wildman–Crippen MR) is 93.7 cm³/mol. The van der Waals surface area contributed by atoms with Gasteiger partial charge in [-0.05, 0) is 39.7 Å². The van der Waals surface area contributed by atoms with Crippen LogP contribution in [0.5, 0.6) is 0 Å². The number of nitro groups is 1. The normalized spacial score (nSPS) is 17.7. The van der Waals surface area contributed by atoms with Crippen LogP contribution in [0.3, 0.4) is 0 Å². The molecule has 1 atom stereocenters. The third kappa shape index (κ3) is 4.85. The average molecular weight is 367 g/mol. The Labute approximate surface area is 149 Å². The van der Waals surface area contributed by atoms with Crippen molar-refractivity contribution in [3.8, 4) is 0 Å². The number of carbonyl (C=O) groups excluding carboxylic acids is 1. The SMILES string of the molecule is CC(C)(C)OC(=O)N1CCCC(C(=S=O)c2ncccc2[N+](=O)[O-])C1. The summed E-state index contributed by atoms with van der Waals surface area (Å²) < 4.78 is 17.1. The molecule has 0 aliphatic carbocycles. The fraction of sp³-hybridized carbons (Fsp3) is 0.562. The molecule has 0 N–H and O–H groups in total. The summed E-state index contributed by atoms with van der Waals surface area (Å²) in [7, 11) is 0. The number of hydrogen-bond donors (Lipinski definition) is 0. The molecule has 9 heteroatoms. The molecule has 1 aromatic rings. The van der Waals surface area contributed by atoms with Gasteiger partial charge in [-0.2, -0.15) is 0 Å². The lowest BCUT2D eigenvalue weighted by molar-refractivity contribution is -0.385. The summed E-state index contributed by atoms with van der Waals surface area (Å²) in [5.74, 6) is -0.294. The van der Waals surface area contributed by atoms with Crippen molar-refractivity contribution < 1.29 is 18.7 Å². The second-order valence-electron chi connectivity index (χ2n) is 6.84. The van der Waals surface area contributed by atoms with E-state index >= 15 is 0 Å². The smallest absolute Gasteiger partial charge is 0.410 e.